The minimum atomic E-state index is -4.35. The maximum Gasteiger partial charge on any atom is 0.408 e. The number of anilines is 1. The fourth-order valence-electron chi connectivity index (χ4n) is 1.60. The summed E-state index contributed by atoms with van der Waals surface area (Å²) in [5.41, 5.74) is 0.985. The molecule has 0 bridgehead atoms. The van der Waals surface area contributed by atoms with Gasteiger partial charge in [0.25, 0.3) is 0 Å². The first kappa shape index (κ1) is 14.1. The Bertz CT molecular complexity index is 601. The highest BCUT2D eigenvalue weighted by Gasteiger charge is 2.28. The van der Waals surface area contributed by atoms with Crippen molar-refractivity contribution in [3.05, 3.63) is 30.4 Å². The summed E-state index contributed by atoms with van der Waals surface area (Å²) in [7, 11) is 0. The largest absolute Gasteiger partial charge is 0.408 e. The molecule has 20 heavy (non-hydrogen) atoms. The number of hydrogen-bond acceptors (Lipinski definition) is 3. The van der Waals surface area contributed by atoms with E-state index in [0.717, 1.165) is 18.1 Å². The second kappa shape index (κ2) is 5.35. The lowest BCUT2D eigenvalue weighted by molar-refractivity contribution is -0.142. The standard InChI is InChI=1S/C11H12F3N5O/c1-8-2-3-18(17-8)6-10(20)16-9-4-15-19(5-9)7-11(12,13)14/h2-5H,6-7H2,1H3,(H,16,20). The molecule has 0 fully saturated rings. The van der Waals surface area contributed by atoms with Crippen molar-refractivity contribution in [1.29, 1.82) is 0 Å². The SMILES string of the molecule is Cc1ccn(CC(=O)Nc2cnn(CC(F)(F)F)c2)n1. The molecule has 0 radical (unpaired) electrons. The number of amides is 1. The maximum absolute atomic E-state index is 12.1. The molecule has 0 spiro atoms. The normalized spacial score (nSPS) is 11.6. The highest BCUT2D eigenvalue weighted by molar-refractivity contribution is 5.90. The van der Waals surface area contributed by atoms with E-state index in [9.17, 15) is 18.0 Å². The van der Waals surface area contributed by atoms with Crippen LogP contribution >= 0.6 is 0 Å². The molecule has 108 valence electrons. The van der Waals surface area contributed by atoms with Crippen LogP contribution in [0.15, 0.2) is 24.7 Å². The third kappa shape index (κ3) is 4.11. The van der Waals surface area contributed by atoms with Crippen LogP contribution in [0.3, 0.4) is 0 Å². The van der Waals surface area contributed by atoms with Crippen molar-refractivity contribution in [2.75, 3.05) is 5.32 Å². The zero-order chi connectivity index (χ0) is 14.8. The predicted octanol–water partition coefficient (Wildman–Crippen LogP) is 1.59. The van der Waals surface area contributed by atoms with Crippen molar-refractivity contribution in [1.82, 2.24) is 19.6 Å². The average Bonchev–Trinajstić information content (AvgIpc) is 2.86. The number of carbonyl (C=O) groups excluding carboxylic acids is 1. The molecule has 0 saturated carbocycles. The van der Waals surface area contributed by atoms with E-state index < -0.39 is 12.7 Å². The molecule has 6 nitrogen and oxygen atoms in total. The van der Waals surface area contributed by atoms with Crippen LogP contribution in [0.5, 0.6) is 0 Å². The van der Waals surface area contributed by atoms with Crippen LogP contribution in [0.25, 0.3) is 0 Å². The number of aryl methyl sites for hydroxylation is 1. The number of rotatable bonds is 4. The summed E-state index contributed by atoms with van der Waals surface area (Å²) in [5.74, 6) is -0.389. The van der Waals surface area contributed by atoms with Crippen LogP contribution in [0.2, 0.25) is 0 Å². The minimum Gasteiger partial charge on any atom is -0.322 e. The van der Waals surface area contributed by atoms with Gasteiger partial charge in [-0.1, -0.05) is 0 Å². The Morgan fingerprint density at radius 2 is 2.15 bits per heavy atom. The Morgan fingerprint density at radius 3 is 2.75 bits per heavy atom. The third-order valence-electron chi connectivity index (χ3n) is 2.34. The Kier molecular flexibility index (Phi) is 3.77. The molecule has 0 aliphatic rings. The molecule has 2 rings (SSSR count). The van der Waals surface area contributed by atoms with Gasteiger partial charge in [-0.15, -0.1) is 0 Å². The summed E-state index contributed by atoms with van der Waals surface area (Å²) in [6, 6.07) is 1.74. The van der Waals surface area contributed by atoms with E-state index in [1.807, 2.05) is 0 Å². The lowest BCUT2D eigenvalue weighted by Gasteiger charge is -2.05. The van der Waals surface area contributed by atoms with Crippen molar-refractivity contribution in [2.45, 2.75) is 26.2 Å². The van der Waals surface area contributed by atoms with Crippen LogP contribution in [0.1, 0.15) is 5.69 Å². The lowest BCUT2D eigenvalue weighted by atomic mass is 10.5. The summed E-state index contributed by atoms with van der Waals surface area (Å²) < 4.78 is 38.6. The van der Waals surface area contributed by atoms with E-state index in [1.165, 1.54) is 4.68 Å². The van der Waals surface area contributed by atoms with Gasteiger partial charge in [-0.2, -0.15) is 23.4 Å². The molecule has 1 N–H and O–H groups in total. The Balaban J connectivity index is 1.91. The number of carbonyl (C=O) groups is 1. The van der Waals surface area contributed by atoms with Gasteiger partial charge >= 0.3 is 6.18 Å². The van der Waals surface area contributed by atoms with E-state index in [1.54, 1.807) is 19.2 Å². The van der Waals surface area contributed by atoms with E-state index in [4.69, 9.17) is 0 Å². The molecule has 0 aromatic carbocycles. The molecule has 1 amide bonds. The summed E-state index contributed by atoms with van der Waals surface area (Å²) in [6.45, 7) is 0.578. The number of halogens is 3. The molecular weight excluding hydrogens is 275 g/mol. The third-order valence-corrected chi connectivity index (χ3v) is 2.34. The van der Waals surface area contributed by atoms with Gasteiger partial charge in [-0.25, -0.2) is 0 Å². The van der Waals surface area contributed by atoms with Crippen LogP contribution in [-0.4, -0.2) is 31.6 Å². The van der Waals surface area contributed by atoms with Crippen LogP contribution in [0, 0.1) is 6.92 Å². The van der Waals surface area contributed by atoms with Gasteiger partial charge in [0.15, 0.2) is 0 Å². The van der Waals surface area contributed by atoms with Gasteiger partial charge in [-0.05, 0) is 13.0 Å². The molecule has 0 saturated heterocycles. The number of alkyl halides is 3. The highest BCUT2D eigenvalue weighted by atomic mass is 19.4. The predicted molar refractivity (Wildman–Crippen MR) is 63.9 cm³/mol. The smallest absolute Gasteiger partial charge is 0.322 e. The Labute approximate surface area is 112 Å². The van der Waals surface area contributed by atoms with E-state index in [0.29, 0.717) is 4.68 Å². The van der Waals surface area contributed by atoms with Crippen molar-refractivity contribution >= 4 is 11.6 Å². The van der Waals surface area contributed by atoms with Crippen LogP contribution in [0.4, 0.5) is 18.9 Å². The molecule has 0 unspecified atom stereocenters. The minimum absolute atomic E-state index is 0.0156. The zero-order valence-electron chi connectivity index (χ0n) is 10.6. The number of nitrogens with one attached hydrogen (secondary N) is 1. The maximum atomic E-state index is 12.1. The fraction of sp³-hybridized carbons (Fsp3) is 0.364. The summed E-state index contributed by atoms with van der Waals surface area (Å²) in [4.78, 5) is 11.7. The summed E-state index contributed by atoms with van der Waals surface area (Å²) in [6.07, 6.45) is -0.417. The molecule has 0 aliphatic heterocycles. The summed E-state index contributed by atoms with van der Waals surface area (Å²) >= 11 is 0. The van der Waals surface area contributed by atoms with Crippen molar-refractivity contribution in [2.24, 2.45) is 0 Å². The first-order chi connectivity index (χ1) is 9.32. The first-order valence-electron chi connectivity index (χ1n) is 5.71. The molecule has 2 heterocycles. The van der Waals surface area contributed by atoms with E-state index in [-0.39, 0.29) is 18.1 Å². The molecule has 2 aromatic heterocycles. The van der Waals surface area contributed by atoms with Crippen molar-refractivity contribution in [3.63, 3.8) is 0 Å². The molecular formula is C11H12F3N5O. The van der Waals surface area contributed by atoms with Gasteiger partial charge in [0, 0.05) is 12.4 Å². The zero-order valence-corrected chi connectivity index (χ0v) is 10.6. The summed E-state index contributed by atoms with van der Waals surface area (Å²) in [5, 5.41) is 10.0. The second-order valence-corrected chi connectivity index (χ2v) is 4.24. The second-order valence-electron chi connectivity index (χ2n) is 4.24. The fourth-order valence-corrected chi connectivity index (χ4v) is 1.60. The van der Waals surface area contributed by atoms with Crippen molar-refractivity contribution < 1.29 is 18.0 Å². The number of nitrogens with zero attached hydrogens (tertiary/aromatic N) is 4. The average molecular weight is 287 g/mol. The van der Waals surface area contributed by atoms with Crippen LogP contribution < -0.4 is 5.32 Å². The first-order valence-corrected chi connectivity index (χ1v) is 5.71. The van der Waals surface area contributed by atoms with Gasteiger partial charge in [0.2, 0.25) is 5.91 Å². The monoisotopic (exact) mass is 287 g/mol. The van der Waals surface area contributed by atoms with Gasteiger partial charge in [-0.3, -0.25) is 14.2 Å². The Morgan fingerprint density at radius 1 is 1.40 bits per heavy atom. The highest BCUT2D eigenvalue weighted by Crippen LogP contribution is 2.18. The molecule has 0 atom stereocenters. The molecule has 9 heteroatoms. The van der Waals surface area contributed by atoms with Crippen LogP contribution in [-0.2, 0) is 17.9 Å². The molecule has 0 aliphatic carbocycles. The van der Waals surface area contributed by atoms with Gasteiger partial charge < -0.3 is 5.32 Å². The van der Waals surface area contributed by atoms with Gasteiger partial charge in [0.1, 0.15) is 13.1 Å². The Hall–Kier alpha value is -2.32. The number of hydrogen-bond donors (Lipinski definition) is 1. The topological polar surface area (TPSA) is 64.7 Å². The number of aromatic nitrogens is 4. The van der Waals surface area contributed by atoms with Gasteiger partial charge in [0.05, 0.1) is 17.6 Å². The van der Waals surface area contributed by atoms with E-state index in [2.05, 4.69) is 15.5 Å². The quantitative estimate of drug-likeness (QED) is 0.928. The van der Waals surface area contributed by atoms with E-state index >= 15 is 0 Å². The molecule has 2 aromatic rings. The lowest BCUT2D eigenvalue weighted by Crippen LogP contribution is -2.19. The van der Waals surface area contributed by atoms with Crippen molar-refractivity contribution in [3.8, 4) is 0 Å².